The third kappa shape index (κ3) is 6.97. The highest BCUT2D eigenvalue weighted by Crippen LogP contribution is 2.24. The Balaban J connectivity index is 0.00000261. The lowest BCUT2D eigenvalue weighted by Crippen LogP contribution is -2.17. The first kappa shape index (κ1) is 21.4. The molecule has 0 aliphatic carbocycles. The Kier molecular flexibility index (Phi) is 8.78. The van der Waals surface area contributed by atoms with Crippen molar-refractivity contribution in [2.24, 2.45) is 0 Å². The van der Waals surface area contributed by atoms with Crippen molar-refractivity contribution in [2.45, 2.75) is 26.1 Å². The van der Waals surface area contributed by atoms with E-state index in [-0.39, 0.29) is 18.2 Å². The van der Waals surface area contributed by atoms with Gasteiger partial charge >= 0.3 is 0 Å². The van der Waals surface area contributed by atoms with Gasteiger partial charge in [0.2, 0.25) is 0 Å². The number of aryl methyl sites for hydroxylation is 1. The van der Waals surface area contributed by atoms with Crippen molar-refractivity contribution in [1.82, 2.24) is 14.9 Å². The summed E-state index contributed by atoms with van der Waals surface area (Å²) in [6, 6.07) is 12.3. The Bertz CT molecular complexity index is 813. The van der Waals surface area contributed by atoms with Gasteiger partial charge in [-0.05, 0) is 48.9 Å². The number of nitrogens with zero attached hydrogens (tertiary/aromatic N) is 2. The molecule has 144 valence electrons. The van der Waals surface area contributed by atoms with Crippen LogP contribution >= 0.6 is 28.3 Å². The topological polar surface area (TPSA) is 39.1 Å². The van der Waals surface area contributed by atoms with Gasteiger partial charge in [0.15, 0.2) is 0 Å². The normalized spacial score (nSPS) is 10.4. The number of halogens is 3. The van der Waals surface area contributed by atoms with Gasteiger partial charge in [0.05, 0.1) is 6.33 Å². The molecule has 0 aliphatic rings. The minimum Gasteiger partial charge on any atom is -0.489 e. The first-order valence-electron chi connectivity index (χ1n) is 8.53. The van der Waals surface area contributed by atoms with E-state index in [1.807, 2.05) is 24.7 Å². The van der Waals surface area contributed by atoms with Crippen molar-refractivity contribution in [1.29, 1.82) is 0 Å². The van der Waals surface area contributed by atoms with Crippen molar-refractivity contribution in [3.63, 3.8) is 0 Å². The van der Waals surface area contributed by atoms with Crippen LogP contribution in [0.1, 0.15) is 17.5 Å². The van der Waals surface area contributed by atoms with Gasteiger partial charge < -0.3 is 14.6 Å². The Morgan fingerprint density at radius 3 is 2.70 bits per heavy atom. The van der Waals surface area contributed by atoms with Gasteiger partial charge in [-0.1, -0.05) is 28.1 Å². The van der Waals surface area contributed by atoms with Crippen molar-refractivity contribution in [3.05, 3.63) is 82.6 Å². The van der Waals surface area contributed by atoms with Crippen LogP contribution in [0.15, 0.2) is 65.7 Å². The molecule has 0 saturated carbocycles. The number of ether oxygens (including phenoxy) is 1. The molecule has 0 unspecified atom stereocenters. The average molecular weight is 455 g/mol. The summed E-state index contributed by atoms with van der Waals surface area (Å²) in [7, 11) is 0. The molecule has 3 aromatic rings. The standard InChI is InChI=1S/C20H21BrFN3O.ClH/c21-18-4-7-20(26-14-16-2-5-19(22)6-3-16)17(12-18)13-23-8-1-10-25-11-9-24-15-25;/h2-7,9,11-12,15,23H,1,8,10,13-14H2;1H. The monoisotopic (exact) mass is 453 g/mol. The number of benzene rings is 2. The fraction of sp³-hybridized carbons (Fsp3) is 0.250. The van der Waals surface area contributed by atoms with Crippen LogP contribution in [-0.2, 0) is 19.7 Å². The molecule has 0 spiro atoms. The number of aromatic nitrogens is 2. The lowest BCUT2D eigenvalue weighted by atomic mass is 10.2. The van der Waals surface area contributed by atoms with E-state index in [2.05, 4.69) is 36.9 Å². The zero-order valence-electron chi connectivity index (χ0n) is 14.8. The number of rotatable bonds is 9. The van der Waals surface area contributed by atoms with E-state index in [0.29, 0.717) is 6.61 Å². The van der Waals surface area contributed by atoms with E-state index in [9.17, 15) is 4.39 Å². The third-order valence-electron chi connectivity index (χ3n) is 3.97. The quantitative estimate of drug-likeness (QED) is 0.464. The van der Waals surface area contributed by atoms with Crippen LogP contribution in [0.5, 0.6) is 5.75 Å². The van der Waals surface area contributed by atoms with Crippen LogP contribution in [0.3, 0.4) is 0 Å². The molecule has 7 heteroatoms. The molecule has 1 N–H and O–H groups in total. The van der Waals surface area contributed by atoms with Crippen LogP contribution in [0.2, 0.25) is 0 Å². The first-order chi connectivity index (χ1) is 12.7. The molecule has 0 radical (unpaired) electrons. The van der Waals surface area contributed by atoms with Crippen molar-refractivity contribution in [3.8, 4) is 5.75 Å². The minimum atomic E-state index is -0.238. The van der Waals surface area contributed by atoms with Crippen LogP contribution in [0, 0.1) is 5.82 Å². The second kappa shape index (κ2) is 11.1. The van der Waals surface area contributed by atoms with E-state index >= 15 is 0 Å². The Morgan fingerprint density at radius 1 is 1.15 bits per heavy atom. The average Bonchev–Trinajstić information content (AvgIpc) is 3.15. The second-order valence-electron chi connectivity index (χ2n) is 6.00. The van der Waals surface area contributed by atoms with Gasteiger partial charge in [0, 0.05) is 35.5 Å². The maximum absolute atomic E-state index is 13.0. The summed E-state index contributed by atoms with van der Waals surface area (Å²) in [5.41, 5.74) is 2.03. The van der Waals surface area contributed by atoms with Gasteiger partial charge in [0.1, 0.15) is 18.2 Å². The fourth-order valence-corrected chi connectivity index (χ4v) is 3.01. The van der Waals surface area contributed by atoms with Crippen LogP contribution in [0.25, 0.3) is 0 Å². The summed E-state index contributed by atoms with van der Waals surface area (Å²) in [6.45, 7) is 2.99. The van der Waals surface area contributed by atoms with Gasteiger partial charge in [-0.15, -0.1) is 12.4 Å². The Morgan fingerprint density at radius 2 is 1.96 bits per heavy atom. The van der Waals surface area contributed by atoms with E-state index in [0.717, 1.165) is 47.4 Å². The van der Waals surface area contributed by atoms with Crippen LogP contribution < -0.4 is 10.1 Å². The SMILES string of the molecule is Cl.Fc1ccc(COc2ccc(Br)cc2CNCCCn2ccnc2)cc1. The summed E-state index contributed by atoms with van der Waals surface area (Å²) < 4.78 is 22.0. The number of hydrogen-bond acceptors (Lipinski definition) is 3. The summed E-state index contributed by atoms with van der Waals surface area (Å²) in [5.74, 6) is 0.595. The van der Waals surface area contributed by atoms with Gasteiger partial charge in [-0.3, -0.25) is 0 Å². The molecule has 0 saturated heterocycles. The molecule has 0 fully saturated rings. The molecule has 0 bridgehead atoms. The predicted molar refractivity (Wildman–Crippen MR) is 111 cm³/mol. The molecular formula is C20H22BrClFN3O. The number of hydrogen-bond donors (Lipinski definition) is 1. The Labute approximate surface area is 173 Å². The molecule has 3 rings (SSSR count). The molecule has 27 heavy (non-hydrogen) atoms. The number of nitrogens with one attached hydrogen (secondary N) is 1. The van der Waals surface area contributed by atoms with Crippen molar-refractivity contribution in [2.75, 3.05) is 6.54 Å². The maximum Gasteiger partial charge on any atom is 0.124 e. The second-order valence-corrected chi connectivity index (χ2v) is 6.91. The van der Waals surface area contributed by atoms with E-state index in [1.165, 1.54) is 12.1 Å². The predicted octanol–water partition coefficient (Wildman–Crippen LogP) is 4.97. The molecule has 0 atom stereocenters. The molecule has 1 heterocycles. The highest BCUT2D eigenvalue weighted by atomic mass is 79.9. The minimum absolute atomic E-state index is 0. The summed E-state index contributed by atoms with van der Waals surface area (Å²) in [6.07, 6.45) is 6.61. The molecule has 1 aromatic heterocycles. The molecule has 0 aliphatic heterocycles. The maximum atomic E-state index is 13.0. The van der Waals surface area contributed by atoms with Gasteiger partial charge in [-0.2, -0.15) is 0 Å². The fourth-order valence-electron chi connectivity index (χ4n) is 2.60. The van der Waals surface area contributed by atoms with E-state index in [1.54, 1.807) is 18.3 Å². The van der Waals surface area contributed by atoms with Gasteiger partial charge in [0.25, 0.3) is 0 Å². The zero-order chi connectivity index (χ0) is 18.2. The lowest BCUT2D eigenvalue weighted by Gasteiger charge is -2.13. The molecule has 0 amide bonds. The summed E-state index contributed by atoms with van der Waals surface area (Å²) in [5, 5.41) is 3.45. The van der Waals surface area contributed by atoms with Crippen molar-refractivity contribution < 1.29 is 9.13 Å². The van der Waals surface area contributed by atoms with Crippen LogP contribution in [0.4, 0.5) is 4.39 Å². The highest BCUT2D eigenvalue weighted by Gasteiger charge is 2.06. The van der Waals surface area contributed by atoms with E-state index < -0.39 is 0 Å². The summed E-state index contributed by atoms with van der Waals surface area (Å²) in [4.78, 5) is 4.04. The number of imidazole rings is 1. The zero-order valence-corrected chi connectivity index (χ0v) is 17.2. The third-order valence-corrected chi connectivity index (χ3v) is 4.47. The summed E-state index contributed by atoms with van der Waals surface area (Å²) >= 11 is 3.51. The van der Waals surface area contributed by atoms with Crippen molar-refractivity contribution >= 4 is 28.3 Å². The molecular weight excluding hydrogens is 433 g/mol. The molecule has 2 aromatic carbocycles. The van der Waals surface area contributed by atoms with Gasteiger partial charge in [-0.25, -0.2) is 9.37 Å². The first-order valence-corrected chi connectivity index (χ1v) is 9.32. The van der Waals surface area contributed by atoms with E-state index in [4.69, 9.17) is 4.74 Å². The van der Waals surface area contributed by atoms with Crippen LogP contribution in [-0.4, -0.2) is 16.1 Å². The smallest absolute Gasteiger partial charge is 0.124 e. The lowest BCUT2D eigenvalue weighted by molar-refractivity contribution is 0.302. The largest absolute Gasteiger partial charge is 0.489 e. The highest BCUT2D eigenvalue weighted by molar-refractivity contribution is 9.10. The Hall–Kier alpha value is -1.89. The molecule has 4 nitrogen and oxygen atoms in total.